The van der Waals surface area contributed by atoms with Crippen molar-refractivity contribution >= 4 is 17.6 Å². The number of halogens is 2. The Balaban J connectivity index is 3.56. The van der Waals surface area contributed by atoms with Crippen molar-refractivity contribution in [2.75, 3.05) is 0 Å². The van der Waals surface area contributed by atoms with Gasteiger partial charge in [0.2, 0.25) is 0 Å². The quantitative estimate of drug-likeness (QED) is 0.712. The summed E-state index contributed by atoms with van der Waals surface area (Å²) in [4.78, 5) is 14.3. The lowest BCUT2D eigenvalue weighted by Crippen LogP contribution is -2.07. The molecule has 0 fully saturated rings. The fraction of sp³-hybridized carbons (Fsp3) is 0.250. The highest BCUT2D eigenvalue weighted by atomic mass is 35.5. The Morgan fingerprint density at radius 1 is 1.54 bits per heavy atom. The fourth-order valence-electron chi connectivity index (χ4n) is 0.983. The Bertz CT molecular complexity index is 353. The van der Waals surface area contributed by atoms with Gasteiger partial charge in [-0.2, -0.15) is 0 Å². The van der Waals surface area contributed by atoms with Crippen LogP contribution in [-0.2, 0) is 0 Å². The lowest BCUT2D eigenvalue weighted by atomic mass is 10.1. The minimum atomic E-state index is -1.33. The summed E-state index contributed by atoms with van der Waals surface area (Å²) in [7, 11) is 0. The Hall–Kier alpha value is -1.16. The van der Waals surface area contributed by atoms with Crippen molar-refractivity contribution in [1.29, 1.82) is 0 Å². The van der Waals surface area contributed by atoms with Crippen LogP contribution >= 0.6 is 11.6 Å². The van der Waals surface area contributed by atoms with Gasteiger partial charge in [0.25, 0.3) is 0 Å². The van der Waals surface area contributed by atoms with Crippen LogP contribution in [0.1, 0.15) is 21.6 Å². The number of carbonyl (C=O) groups is 1. The maximum Gasteiger partial charge on any atom is 0.339 e. The first kappa shape index (κ1) is 9.92. The molecule has 70 valence electrons. The number of hydrogen-bond acceptors (Lipinski definition) is 2. The molecule has 1 N–H and O–H groups in total. The molecule has 0 unspecified atom stereocenters. The van der Waals surface area contributed by atoms with Gasteiger partial charge in [0.05, 0.1) is 0 Å². The molecule has 1 rings (SSSR count). The fourth-order valence-corrected chi connectivity index (χ4v) is 1.20. The van der Waals surface area contributed by atoms with Gasteiger partial charge in [-0.05, 0) is 19.4 Å². The summed E-state index contributed by atoms with van der Waals surface area (Å²) in [6.07, 6.45) is 0. The number of rotatable bonds is 1. The molecule has 3 nitrogen and oxygen atoms in total. The highest BCUT2D eigenvalue weighted by Crippen LogP contribution is 2.21. The summed E-state index contributed by atoms with van der Waals surface area (Å²) in [5, 5.41) is 8.27. The van der Waals surface area contributed by atoms with E-state index in [0.29, 0.717) is 11.3 Å². The molecule has 0 spiro atoms. The standard InChI is InChI=1S/C8H7ClFNO2/c1-3-4(2)11-7(9)6(10)5(3)8(12)13/h1-2H3,(H,12,13). The lowest BCUT2D eigenvalue weighted by molar-refractivity contribution is 0.0690. The first-order chi connectivity index (χ1) is 5.95. The number of aromatic nitrogens is 1. The number of aryl methyl sites for hydroxylation is 1. The van der Waals surface area contributed by atoms with E-state index in [4.69, 9.17) is 16.7 Å². The van der Waals surface area contributed by atoms with Crippen LogP contribution in [0.2, 0.25) is 5.15 Å². The van der Waals surface area contributed by atoms with Crippen LogP contribution in [0.15, 0.2) is 0 Å². The van der Waals surface area contributed by atoms with Crippen molar-refractivity contribution in [2.45, 2.75) is 13.8 Å². The van der Waals surface area contributed by atoms with Gasteiger partial charge in [0.15, 0.2) is 11.0 Å². The highest BCUT2D eigenvalue weighted by molar-refractivity contribution is 6.30. The van der Waals surface area contributed by atoms with E-state index in [1.165, 1.54) is 6.92 Å². The Kier molecular flexibility index (Phi) is 2.52. The van der Waals surface area contributed by atoms with Crippen molar-refractivity contribution in [3.8, 4) is 0 Å². The molecule has 0 amide bonds. The van der Waals surface area contributed by atoms with Crippen LogP contribution in [0.4, 0.5) is 4.39 Å². The molecule has 13 heavy (non-hydrogen) atoms. The van der Waals surface area contributed by atoms with E-state index < -0.39 is 22.5 Å². The molecule has 0 aliphatic carbocycles. The zero-order chi connectivity index (χ0) is 10.2. The summed E-state index contributed by atoms with van der Waals surface area (Å²) in [5.41, 5.74) is 0.315. The summed E-state index contributed by atoms with van der Waals surface area (Å²) in [6.45, 7) is 3.07. The number of nitrogens with zero attached hydrogens (tertiary/aromatic N) is 1. The van der Waals surface area contributed by atoms with Crippen LogP contribution < -0.4 is 0 Å². The van der Waals surface area contributed by atoms with E-state index in [0.717, 1.165) is 0 Å². The van der Waals surface area contributed by atoms with E-state index in [2.05, 4.69) is 4.98 Å². The van der Waals surface area contributed by atoms with E-state index >= 15 is 0 Å². The largest absolute Gasteiger partial charge is 0.478 e. The Morgan fingerprint density at radius 2 is 2.08 bits per heavy atom. The second-order valence-corrected chi connectivity index (χ2v) is 2.97. The second kappa shape index (κ2) is 3.30. The predicted octanol–water partition coefficient (Wildman–Crippen LogP) is 2.19. The molecular formula is C8H7ClFNO2. The van der Waals surface area contributed by atoms with Gasteiger partial charge < -0.3 is 5.11 Å². The average Bonchev–Trinajstić information content (AvgIpc) is 2.01. The van der Waals surface area contributed by atoms with E-state index in [9.17, 15) is 9.18 Å². The molecule has 0 bridgehead atoms. The minimum Gasteiger partial charge on any atom is -0.478 e. The third kappa shape index (κ3) is 1.62. The third-order valence-corrected chi connectivity index (χ3v) is 2.05. The number of hydrogen-bond donors (Lipinski definition) is 1. The molecule has 0 radical (unpaired) electrons. The van der Waals surface area contributed by atoms with Crippen molar-refractivity contribution in [3.63, 3.8) is 0 Å². The van der Waals surface area contributed by atoms with Crippen LogP contribution in [0.3, 0.4) is 0 Å². The molecule has 1 aromatic heterocycles. The third-order valence-electron chi connectivity index (χ3n) is 1.80. The lowest BCUT2D eigenvalue weighted by Gasteiger charge is -2.06. The molecule has 1 aromatic rings. The minimum absolute atomic E-state index is 0.300. The normalized spacial score (nSPS) is 10.2. The monoisotopic (exact) mass is 203 g/mol. The molecule has 0 saturated heterocycles. The molecule has 0 aromatic carbocycles. The zero-order valence-corrected chi connectivity index (χ0v) is 7.81. The maximum atomic E-state index is 13.1. The summed E-state index contributed by atoms with van der Waals surface area (Å²) >= 11 is 5.39. The van der Waals surface area contributed by atoms with Gasteiger partial charge in [0.1, 0.15) is 5.56 Å². The van der Waals surface area contributed by atoms with Crippen LogP contribution in [0, 0.1) is 19.7 Å². The second-order valence-electron chi connectivity index (χ2n) is 2.61. The first-order valence-corrected chi connectivity index (χ1v) is 3.88. The average molecular weight is 204 g/mol. The summed E-state index contributed by atoms with van der Waals surface area (Å²) in [5.74, 6) is -2.31. The summed E-state index contributed by atoms with van der Waals surface area (Å²) < 4.78 is 13.1. The first-order valence-electron chi connectivity index (χ1n) is 3.50. The van der Waals surface area contributed by atoms with Crippen molar-refractivity contribution in [3.05, 3.63) is 27.8 Å². The van der Waals surface area contributed by atoms with Crippen LogP contribution in [-0.4, -0.2) is 16.1 Å². The van der Waals surface area contributed by atoms with E-state index in [1.807, 2.05) is 0 Å². The maximum absolute atomic E-state index is 13.1. The molecular weight excluding hydrogens is 197 g/mol. The van der Waals surface area contributed by atoms with Crippen molar-refractivity contribution < 1.29 is 14.3 Å². The number of pyridine rings is 1. The number of carboxylic acids is 1. The van der Waals surface area contributed by atoms with Gasteiger partial charge in [-0.1, -0.05) is 11.6 Å². The zero-order valence-electron chi connectivity index (χ0n) is 7.06. The summed E-state index contributed by atoms with van der Waals surface area (Å²) in [6, 6.07) is 0. The van der Waals surface area contributed by atoms with E-state index in [-0.39, 0.29) is 0 Å². The SMILES string of the molecule is Cc1nc(Cl)c(F)c(C(=O)O)c1C. The number of aromatic carboxylic acids is 1. The number of carboxylic acid groups (broad SMARTS) is 1. The van der Waals surface area contributed by atoms with Crippen LogP contribution in [0.25, 0.3) is 0 Å². The molecule has 1 heterocycles. The van der Waals surface area contributed by atoms with Gasteiger partial charge >= 0.3 is 5.97 Å². The smallest absolute Gasteiger partial charge is 0.339 e. The molecule has 0 atom stereocenters. The van der Waals surface area contributed by atoms with Gasteiger partial charge in [-0.15, -0.1) is 0 Å². The molecule has 0 aliphatic heterocycles. The van der Waals surface area contributed by atoms with Crippen LogP contribution in [0.5, 0.6) is 0 Å². The predicted molar refractivity (Wildman–Crippen MR) is 45.6 cm³/mol. The van der Waals surface area contributed by atoms with Gasteiger partial charge in [0, 0.05) is 5.69 Å². The highest BCUT2D eigenvalue weighted by Gasteiger charge is 2.19. The molecule has 0 saturated carbocycles. The van der Waals surface area contributed by atoms with Crippen molar-refractivity contribution in [2.24, 2.45) is 0 Å². The van der Waals surface area contributed by atoms with Gasteiger partial charge in [-0.3, -0.25) is 0 Å². The van der Waals surface area contributed by atoms with Crippen molar-refractivity contribution in [1.82, 2.24) is 4.98 Å². The van der Waals surface area contributed by atoms with Gasteiger partial charge in [-0.25, -0.2) is 14.2 Å². The Labute approximate surface area is 79.2 Å². The molecule has 0 aliphatic rings. The Morgan fingerprint density at radius 3 is 2.54 bits per heavy atom. The molecule has 5 heteroatoms. The topological polar surface area (TPSA) is 50.2 Å². The van der Waals surface area contributed by atoms with E-state index in [1.54, 1.807) is 6.92 Å².